The molecule has 6 nitrogen and oxygen atoms in total. The molecule has 0 saturated carbocycles. The quantitative estimate of drug-likeness (QED) is 0.600. The van der Waals surface area contributed by atoms with Crippen molar-refractivity contribution in [1.29, 1.82) is 0 Å². The second-order valence-electron chi connectivity index (χ2n) is 6.49. The highest BCUT2D eigenvalue weighted by molar-refractivity contribution is 6.30. The Bertz CT molecular complexity index is 984. The highest BCUT2D eigenvalue weighted by Gasteiger charge is 2.20. The van der Waals surface area contributed by atoms with Gasteiger partial charge >= 0.3 is 5.97 Å². The minimum absolute atomic E-state index is 0.00542. The Kier molecular flexibility index (Phi) is 6.67. The predicted molar refractivity (Wildman–Crippen MR) is 112 cm³/mol. The highest BCUT2D eigenvalue weighted by Crippen LogP contribution is 2.26. The van der Waals surface area contributed by atoms with E-state index in [1.54, 1.807) is 29.9 Å². The normalized spacial score (nSPS) is 11.7. The van der Waals surface area contributed by atoms with E-state index in [2.05, 4.69) is 10.4 Å². The lowest BCUT2D eigenvalue weighted by molar-refractivity contribution is -0.154. The molecule has 1 N–H and O–H groups in total. The van der Waals surface area contributed by atoms with Crippen LogP contribution in [0.15, 0.2) is 60.8 Å². The van der Waals surface area contributed by atoms with Gasteiger partial charge in [-0.3, -0.25) is 9.59 Å². The number of carbonyl (C=O) groups excluding carboxylic acids is 2. The lowest BCUT2D eigenvalue weighted by Gasteiger charge is -2.12. The van der Waals surface area contributed by atoms with Crippen LogP contribution in [0.25, 0.3) is 16.9 Å². The molecule has 0 unspecified atom stereocenters. The van der Waals surface area contributed by atoms with Crippen LogP contribution >= 0.6 is 11.6 Å². The molecule has 1 heterocycles. The van der Waals surface area contributed by atoms with Crippen molar-refractivity contribution in [3.05, 3.63) is 71.4 Å². The van der Waals surface area contributed by atoms with E-state index in [-0.39, 0.29) is 12.3 Å². The number of para-hydroxylation sites is 1. The molecule has 0 fully saturated rings. The average Bonchev–Trinajstić information content (AvgIpc) is 3.13. The van der Waals surface area contributed by atoms with E-state index in [1.807, 2.05) is 49.4 Å². The summed E-state index contributed by atoms with van der Waals surface area (Å²) in [6, 6.07) is 16.9. The molecule has 0 aliphatic heterocycles. The number of rotatable bonds is 7. The molecule has 1 amide bonds. The van der Waals surface area contributed by atoms with Gasteiger partial charge in [0.2, 0.25) is 0 Å². The molecule has 150 valence electrons. The average molecular weight is 412 g/mol. The minimum atomic E-state index is -0.856. The first kappa shape index (κ1) is 20.6. The van der Waals surface area contributed by atoms with Crippen molar-refractivity contribution in [1.82, 2.24) is 15.1 Å². The Morgan fingerprint density at radius 2 is 1.83 bits per heavy atom. The fourth-order valence-corrected chi connectivity index (χ4v) is 2.99. The van der Waals surface area contributed by atoms with Crippen LogP contribution in [-0.4, -0.2) is 34.3 Å². The third-order valence-electron chi connectivity index (χ3n) is 4.29. The standard InChI is InChI=1S/C22H22ClN3O3/c1-3-24-22(28)15(2)29-20(27)13-17-14-26(19-7-5-4-6-8-19)25-21(17)16-9-11-18(23)12-10-16/h4-12,14-15H,3,13H2,1-2H3,(H,24,28)/t15-/m0/s1. The van der Waals surface area contributed by atoms with Crippen molar-refractivity contribution in [2.75, 3.05) is 6.54 Å². The van der Waals surface area contributed by atoms with E-state index >= 15 is 0 Å². The van der Waals surface area contributed by atoms with Gasteiger partial charge < -0.3 is 10.1 Å². The van der Waals surface area contributed by atoms with Crippen LogP contribution in [-0.2, 0) is 20.7 Å². The van der Waals surface area contributed by atoms with Gasteiger partial charge in [-0.2, -0.15) is 5.10 Å². The van der Waals surface area contributed by atoms with Gasteiger partial charge in [0.25, 0.3) is 5.91 Å². The lowest BCUT2D eigenvalue weighted by atomic mass is 10.1. The zero-order chi connectivity index (χ0) is 20.8. The Morgan fingerprint density at radius 1 is 1.14 bits per heavy atom. The molecule has 3 rings (SSSR count). The first-order valence-corrected chi connectivity index (χ1v) is 9.72. The summed E-state index contributed by atoms with van der Waals surface area (Å²) in [6.45, 7) is 3.84. The van der Waals surface area contributed by atoms with Gasteiger partial charge in [-0.1, -0.05) is 41.9 Å². The fourth-order valence-electron chi connectivity index (χ4n) is 2.87. The number of esters is 1. The van der Waals surface area contributed by atoms with Gasteiger partial charge in [0, 0.05) is 28.9 Å². The van der Waals surface area contributed by atoms with Crippen molar-refractivity contribution < 1.29 is 14.3 Å². The largest absolute Gasteiger partial charge is 0.452 e. The number of ether oxygens (including phenoxy) is 1. The Morgan fingerprint density at radius 3 is 2.48 bits per heavy atom. The Balaban J connectivity index is 1.88. The fraction of sp³-hybridized carbons (Fsp3) is 0.227. The summed E-state index contributed by atoms with van der Waals surface area (Å²) in [6.07, 6.45) is 0.942. The van der Waals surface area contributed by atoms with Crippen LogP contribution in [0.4, 0.5) is 0 Å². The molecule has 0 saturated heterocycles. The first-order valence-electron chi connectivity index (χ1n) is 9.35. The molecular weight excluding hydrogens is 390 g/mol. The molecule has 7 heteroatoms. The third kappa shape index (κ3) is 5.23. The summed E-state index contributed by atoms with van der Waals surface area (Å²) in [7, 11) is 0. The maximum atomic E-state index is 12.5. The molecule has 0 spiro atoms. The van der Waals surface area contributed by atoms with E-state index in [0.717, 1.165) is 11.3 Å². The van der Waals surface area contributed by atoms with Crippen LogP contribution < -0.4 is 5.32 Å². The maximum Gasteiger partial charge on any atom is 0.311 e. The number of nitrogens with one attached hydrogen (secondary N) is 1. The SMILES string of the molecule is CCNC(=O)[C@H](C)OC(=O)Cc1cn(-c2ccccc2)nc1-c1ccc(Cl)cc1. The molecule has 0 bridgehead atoms. The molecule has 3 aromatic rings. The first-order chi connectivity index (χ1) is 14.0. The number of carbonyl (C=O) groups is 2. The van der Waals surface area contributed by atoms with Crippen molar-refractivity contribution in [3.63, 3.8) is 0 Å². The van der Waals surface area contributed by atoms with E-state index in [1.165, 1.54) is 0 Å². The zero-order valence-electron chi connectivity index (χ0n) is 16.3. The van der Waals surface area contributed by atoms with Gasteiger partial charge in [0.1, 0.15) is 0 Å². The second kappa shape index (κ2) is 9.39. The van der Waals surface area contributed by atoms with E-state index in [9.17, 15) is 9.59 Å². The molecule has 0 aliphatic carbocycles. The zero-order valence-corrected chi connectivity index (χ0v) is 17.0. The van der Waals surface area contributed by atoms with E-state index < -0.39 is 12.1 Å². The maximum absolute atomic E-state index is 12.5. The van der Waals surface area contributed by atoms with Gasteiger partial charge in [-0.15, -0.1) is 0 Å². The molecule has 0 aliphatic rings. The molecule has 29 heavy (non-hydrogen) atoms. The summed E-state index contributed by atoms with van der Waals surface area (Å²) >= 11 is 6.00. The highest BCUT2D eigenvalue weighted by atomic mass is 35.5. The van der Waals surface area contributed by atoms with Crippen LogP contribution in [0.3, 0.4) is 0 Å². The topological polar surface area (TPSA) is 73.2 Å². The van der Waals surface area contributed by atoms with Crippen LogP contribution in [0.2, 0.25) is 5.02 Å². The summed E-state index contributed by atoms with van der Waals surface area (Å²) in [5.41, 5.74) is 3.07. The molecule has 1 atom stereocenters. The molecule has 2 aromatic carbocycles. The number of halogens is 1. The smallest absolute Gasteiger partial charge is 0.311 e. The number of hydrogen-bond acceptors (Lipinski definition) is 4. The third-order valence-corrected chi connectivity index (χ3v) is 4.54. The second-order valence-corrected chi connectivity index (χ2v) is 6.93. The molecule has 0 radical (unpaired) electrons. The van der Waals surface area contributed by atoms with Crippen molar-refractivity contribution in [2.24, 2.45) is 0 Å². The monoisotopic (exact) mass is 411 g/mol. The van der Waals surface area contributed by atoms with Crippen LogP contribution in [0, 0.1) is 0 Å². The van der Waals surface area contributed by atoms with E-state index in [4.69, 9.17) is 16.3 Å². The molecule has 1 aromatic heterocycles. The van der Waals surface area contributed by atoms with Crippen molar-refractivity contribution >= 4 is 23.5 Å². The Hall–Kier alpha value is -3.12. The number of amides is 1. The van der Waals surface area contributed by atoms with Crippen LogP contribution in [0.1, 0.15) is 19.4 Å². The predicted octanol–water partition coefficient (Wildman–Crippen LogP) is 3.80. The summed E-state index contributed by atoms with van der Waals surface area (Å²) < 4.78 is 7.01. The summed E-state index contributed by atoms with van der Waals surface area (Å²) in [5, 5.41) is 7.92. The Labute approximate surface area is 174 Å². The lowest BCUT2D eigenvalue weighted by Crippen LogP contribution is -2.35. The number of likely N-dealkylation sites (N-methyl/N-ethyl adjacent to an activating group) is 1. The minimum Gasteiger partial charge on any atom is -0.452 e. The van der Waals surface area contributed by atoms with Gasteiger partial charge in [0.05, 0.1) is 17.8 Å². The number of nitrogens with zero attached hydrogens (tertiary/aromatic N) is 2. The number of aromatic nitrogens is 2. The number of hydrogen-bond donors (Lipinski definition) is 1. The van der Waals surface area contributed by atoms with Gasteiger partial charge in [0.15, 0.2) is 6.10 Å². The number of benzene rings is 2. The van der Waals surface area contributed by atoms with Gasteiger partial charge in [-0.25, -0.2) is 4.68 Å². The summed E-state index contributed by atoms with van der Waals surface area (Å²) in [4.78, 5) is 24.3. The van der Waals surface area contributed by atoms with Crippen molar-refractivity contribution in [2.45, 2.75) is 26.4 Å². The van der Waals surface area contributed by atoms with Gasteiger partial charge in [-0.05, 0) is 38.1 Å². The summed E-state index contributed by atoms with van der Waals surface area (Å²) in [5.74, 6) is -0.815. The van der Waals surface area contributed by atoms with E-state index in [0.29, 0.717) is 22.8 Å². The van der Waals surface area contributed by atoms with Crippen LogP contribution in [0.5, 0.6) is 0 Å². The van der Waals surface area contributed by atoms with Crippen molar-refractivity contribution in [3.8, 4) is 16.9 Å². The molecular formula is C22H22ClN3O3.